The molecular weight excluding hydrogens is 334 g/mol. The number of benzene rings is 1. The Morgan fingerprint density at radius 2 is 2.04 bits per heavy atom. The molecule has 1 aromatic carbocycles. The summed E-state index contributed by atoms with van der Waals surface area (Å²) in [7, 11) is 0. The molecular formula is C15H17F4NO4. The Morgan fingerprint density at radius 1 is 1.38 bits per heavy atom. The number of ether oxygens (including phenoxy) is 2. The van der Waals surface area contributed by atoms with Gasteiger partial charge in [-0.2, -0.15) is 17.6 Å². The number of nitrogens with zero attached hydrogens (tertiary/aromatic N) is 1. The van der Waals surface area contributed by atoms with E-state index in [2.05, 4.69) is 4.74 Å². The molecule has 9 heteroatoms. The number of likely N-dealkylation sites (tertiary alicyclic amines) is 1. The third-order valence-corrected chi connectivity index (χ3v) is 3.52. The fourth-order valence-electron chi connectivity index (χ4n) is 2.39. The zero-order chi connectivity index (χ0) is 17.9. The number of amides is 1. The predicted octanol–water partition coefficient (Wildman–Crippen LogP) is 2.15. The van der Waals surface area contributed by atoms with Crippen LogP contribution < -0.4 is 4.74 Å². The van der Waals surface area contributed by atoms with Gasteiger partial charge in [0.2, 0.25) is 0 Å². The molecule has 1 N–H and O–H groups in total. The molecule has 1 heterocycles. The van der Waals surface area contributed by atoms with E-state index >= 15 is 0 Å². The van der Waals surface area contributed by atoms with Crippen LogP contribution in [0.4, 0.5) is 17.6 Å². The molecule has 1 aromatic rings. The van der Waals surface area contributed by atoms with Crippen molar-refractivity contribution in [2.45, 2.75) is 31.7 Å². The fourth-order valence-corrected chi connectivity index (χ4v) is 2.39. The van der Waals surface area contributed by atoms with E-state index in [0.717, 1.165) is 6.07 Å². The van der Waals surface area contributed by atoms with Gasteiger partial charge < -0.3 is 19.5 Å². The van der Waals surface area contributed by atoms with Gasteiger partial charge >= 0.3 is 12.5 Å². The SMILES string of the molecule is CCO[C@H]1CN(C(=O)c2ccccc2OC(F)(F)C(F)F)C[C@@H]1O. The van der Waals surface area contributed by atoms with Gasteiger partial charge in [-0.15, -0.1) is 0 Å². The molecule has 0 saturated carbocycles. The second-order valence-electron chi connectivity index (χ2n) is 5.23. The summed E-state index contributed by atoms with van der Waals surface area (Å²) < 4.78 is 60.2. The highest BCUT2D eigenvalue weighted by molar-refractivity contribution is 5.97. The molecule has 1 aliphatic heterocycles. The van der Waals surface area contributed by atoms with Crippen LogP contribution in [0.3, 0.4) is 0 Å². The Bertz CT molecular complexity index is 584. The molecule has 2 rings (SSSR count). The Hall–Kier alpha value is -1.87. The van der Waals surface area contributed by atoms with Gasteiger partial charge in [0.15, 0.2) is 0 Å². The number of para-hydroxylation sites is 1. The largest absolute Gasteiger partial charge is 0.461 e. The van der Waals surface area contributed by atoms with Crippen LogP contribution in [0.25, 0.3) is 0 Å². The summed E-state index contributed by atoms with van der Waals surface area (Å²) >= 11 is 0. The van der Waals surface area contributed by atoms with E-state index in [4.69, 9.17) is 4.74 Å². The maximum atomic E-state index is 13.1. The second kappa shape index (κ2) is 7.35. The van der Waals surface area contributed by atoms with Crippen molar-refractivity contribution in [2.75, 3.05) is 19.7 Å². The van der Waals surface area contributed by atoms with Gasteiger partial charge in [-0.25, -0.2) is 0 Å². The van der Waals surface area contributed by atoms with Crippen LogP contribution in [0.1, 0.15) is 17.3 Å². The van der Waals surface area contributed by atoms with Gasteiger partial charge in [0.05, 0.1) is 11.7 Å². The third kappa shape index (κ3) is 3.96. The highest BCUT2D eigenvalue weighted by Crippen LogP contribution is 2.31. The monoisotopic (exact) mass is 351 g/mol. The fraction of sp³-hybridized carbons (Fsp3) is 0.533. The molecule has 5 nitrogen and oxygen atoms in total. The van der Waals surface area contributed by atoms with E-state index in [-0.39, 0.29) is 18.7 Å². The molecule has 1 aliphatic rings. The standard InChI is InChI=1S/C15H17F4NO4/c1-2-23-12-8-20(7-10(12)21)13(22)9-5-3-4-6-11(9)24-15(18,19)14(16)17/h3-6,10,12,14,21H,2,7-8H2,1H3/t10-,12-/m0/s1. The van der Waals surface area contributed by atoms with Gasteiger partial charge in [0.1, 0.15) is 11.9 Å². The Morgan fingerprint density at radius 3 is 2.67 bits per heavy atom. The van der Waals surface area contributed by atoms with Gasteiger partial charge in [0, 0.05) is 19.7 Å². The van der Waals surface area contributed by atoms with Crippen molar-refractivity contribution in [3.63, 3.8) is 0 Å². The summed E-state index contributed by atoms with van der Waals surface area (Å²) in [5.41, 5.74) is -0.290. The number of hydrogen-bond donors (Lipinski definition) is 1. The molecule has 1 amide bonds. The molecule has 134 valence electrons. The Labute approximate surface area is 135 Å². The average Bonchev–Trinajstić information content (AvgIpc) is 2.88. The Kier molecular flexibility index (Phi) is 5.66. The lowest BCUT2D eigenvalue weighted by Gasteiger charge is -2.21. The van der Waals surface area contributed by atoms with E-state index in [1.54, 1.807) is 6.92 Å². The summed E-state index contributed by atoms with van der Waals surface area (Å²) in [5.74, 6) is -1.36. The number of halogens is 4. The summed E-state index contributed by atoms with van der Waals surface area (Å²) in [4.78, 5) is 13.7. The zero-order valence-corrected chi connectivity index (χ0v) is 12.8. The van der Waals surface area contributed by atoms with E-state index in [9.17, 15) is 27.5 Å². The summed E-state index contributed by atoms with van der Waals surface area (Å²) in [5, 5.41) is 9.85. The van der Waals surface area contributed by atoms with Crippen LogP contribution in [0.15, 0.2) is 24.3 Å². The number of carbonyl (C=O) groups is 1. The van der Waals surface area contributed by atoms with Crippen molar-refractivity contribution in [1.82, 2.24) is 4.90 Å². The first-order chi connectivity index (χ1) is 11.3. The normalized spacial score (nSPS) is 21.4. The third-order valence-electron chi connectivity index (χ3n) is 3.52. The molecule has 0 bridgehead atoms. The maximum Gasteiger partial charge on any atom is 0.461 e. The van der Waals surface area contributed by atoms with E-state index in [1.165, 1.54) is 23.1 Å². The molecule has 2 atom stereocenters. The van der Waals surface area contributed by atoms with Crippen LogP contribution in [-0.4, -0.2) is 60.4 Å². The van der Waals surface area contributed by atoms with Gasteiger partial charge in [-0.1, -0.05) is 12.1 Å². The molecule has 24 heavy (non-hydrogen) atoms. The van der Waals surface area contributed by atoms with Crippen molar-refractivity contribution in [1.29, 1.82) is 0 Å². The lowest BCUT2D eigenvalue weighted by Crippen LogP contribution is -2.35. The number of carbonyl (C=O) groups excluding carboxylic acids is 1. The smallest absolute Gasteiger partial charge is 0.427 e. The van der Waals surface area contributed by atoms with Crippen molar-refractivity contribution >= 4 is 5.91 Å². The highest BCUT2D eigenvalue weighted by atomic mass is 19.3. The van der Waals surface area contributed by atoms with Gasteiger partial charge in [0.25, 0.3) is 5.91 Å². The first kappa shape index (κ1) is 18.5. The summed E-state index contributed by atoms with van der Waals surface area (Å²) in [6.07, 6.45) is -10.2. The van der Waals surface area contributed by atoms with Crippen molar-refractivity contribution in [3.05, 3.63) is 29.8 Å². The maximum absolute atomic E-state index is 13.1. The second-order valence-corrected chi connectivity index (χ2v) is 5.23. The first-order valence-corrected chi connectivity index (χ1v) is 7.29. The summed E-state index contributed by atoms with van der Waals surface area (Å²) in [6, 6.07) is 4.89. The number of hydrogen-bond acceptors (Lipinski definition) is 4. The van der Waals surface area contributed by atoms with Crippen LogP contribution in [-0.2, 0) is 4.74 Å². The first-order valence-electron chi connectivity index (χ1n) is 7.29. The van der Waals surface area contributed by atoms with E-state index < -0.39 is 36.4 Å². The van der Waals surface area contributed by atoms with Gasteiger partial charge in [-0.3, -0.25) is 4.79 Å². The minimum Gasteiger partial charge on any atom is -0.427 e. The van der Waals surface area contributed by atoms with Crippen LogP contribution in [0.5, 0.6) is 5.75 Å². The summed E-state index contributed by atoms with van der Waals surface area (Å²) in [6.45, 7) is 2.08. The number of rotatable bonds is 6. The molecule has 1 fully saturated rings. The van der Waals surface area contributed by atoms with Crippen molar-refractivity contribution in [3.8, 4) is 5.75 Å². The highest BCUT2D eigenvalue weighted by Gasteiger charge is 2.45. The zero-order valence-electron chi connectivity index (χ0n) is 12.8. The van der Waals surface area contributed by atoms with Crippen LogP contribution in [0, 0.1) is 0 Å². The minimum atomic E-state index is -4.71. The quantitative estimate of drug-likeness (QED) is 0.798. The van der Waals surface area contributed by atoms with Gasteiger partial charge in [-0.05, 0) is 19.1 Å². The molecule has 0 aromatic heterocycles. The molecule has 0 radical (unpaired) electrons. The van der Waals surface area contributed by atoms with E-state index in [0.29, 0.717) is 6.61 Å². The lowest BCUT2D eigenvalue weighted by atomic mass is 10.1. The topological polar surface area (TPSA) is 59.0 Å². The average molecular weight is 351 g/mol. The molecule has 1 saturated heterocycles. The van der Waals surface area contributed by atoms with Crippen LogP contribution in [0.2, 0.25) is 0 Å². The lowest BCUT2D eigenvalue weighted by molar-refractivity contribution is -0.253. The predicted molar refractivity (Wildman–Crippen MR) is 75.3 cm³/mol. The van der Waals surface area contributed by atoms with Crippen molar-refractivity contribution in [2.24, 2.45) is 0 Å². The number of aliphatic hydroxyl groups is 1. The van der Waals surface area contributed by atoms with Crippen LogP contribution >= 0.6 is 0 Å². The number of β-amino-alcohol motifs (C(OH)–C–C–N with tert-alkyl or cyclic N) is 1. The Balaban J connectivity index is 2.19. The minimum absolute atomic E-state index is 0.0525. The molecule has 0 unspecified atom stereocenters. The molecule has 0 spiro atoms. The van der Waals surface area contributed by atoms with E-state index in [1.807, 2.05) is 0 Å². The number of alkyl halides is 4. The molecule has 0 aliphatic carbocycles. The van der Waals surface area contributed by atoms with Crippen molar-refractivity contribution < 1.29 is 36.9 Å². The number of aliphatic hydroxyl groups excluding tert-OH is 1.